The molecule has 0 amide bonds. The van der Waals surface area contributed by atoms with Crippen molar-refractivity contribution in [1.29, 1.82) is 0 Å². The van der Waals surface area contributed by atoms with Gasteiger partial charge in [-0.15, -0.1) is 0 Å². The van der Waals surface area contributed by atoms with Crippen LogP contribution >= 0.6 is 23.2 Å². The maximum Gasteiger partial charge on any atom is 0.344 e. The lowest BCUT2D eigenvalue weighted by Gasteiger charge is -2.10. The standard InChI is InChI=1S/C20H12Cl2O4/c21-17-11-10-14(12-18(17)22)26-20(24)16-9-5-4-8-15(16)19(23)25-13-6-2-1-3-7-13/h1-12H. The van der Waals surface area contributed by atoms with Crippen molar-refractivity contribution < 1.29 is 19.1 Å². The smallest absolute Gasteiger partial charge is 0.344 e. The fourth-order valence-electron chi connectivity index (χ4n) is 2.19. The van der Waals surface area contributed by atoms with Gasteiger partial charge in [0.15, 0.2) is 0 Å². The van der Waals surface area contributed by atoms with Crippen molar-refractivity contribution in [2.24, 2.45) is 0 Å². The third kappa shape index (κ3) is 4.23. The van der Waals surface area contributed by atoms with Crippen LogP contribution in [-0.4, -0.2) is 11.9 Å². The van der Waals surface area contributed by atoms with E-state index in [2.05, 4.69) is 0 Å². The highest BCUT2D eigenvalue weighted by Crippen LogP contribution is 2.27. The van der Waals surface area contributed by atoms with Crippen molar-refractivity contribution in [3.05, 3.63) is 94.0 Å². The molecule has 0 atom stereocenters. The molecule has 6 heteroatoms. The van der Waals surface area contributed by atoms with Crippen LogP contribution in [0.3, 0.4) is 0 Å². The number of benzene rings is 3. The Bertz CT molecular complexity index is 955. The second kappa shape index (κ2) is 8.04. The summed E-state index contributed by atoms with van der Waals surface area (Å²) in [5.41, 5.74) is 0.181. The number of halogens is 2. The summed E-state index contributed by atoms with van der Waals surface area (Å²) in [5, 5.41) is 0.604. The maximum atomic E-state index is 12.5. The Labute approximate surface area is 159 Å². The molecule has 0 bridgehead atoms. The van der Waals surface area contributed by atoms with Gasteiger partial charge in [-0.25, -0.2) is 9.59 Å². The fourth-order valence-corrected chi connectivity index (χ4v) is 2.48. The molecule has 0 aliphatic rings. The molecule has 0 saturated carbocycles. The molecule has 130 valence electrons. The third-order valence-electron chi connectivity index (χ3n) is 3.42. The summed E-state index contributed by atoms with van der Waals surface area (Å²) in [6.45, 7) is 0. The van der Waals surface area contributed by atoms with Gasteiger partial charge in [-0.3, -0.25) is 0 Å². The zero-order valence-electron chi connectivity index (χ0n) is 13.3. The third-order valence-corrected chi connectivity index (χ3v) is 4.16. The van der Waals surface area contributed by atoms with Gasteiger partial charge >= 0.3 is 11.9 Å². The van der Waals surface area contributed by atoms with Gasteiger partial charge in [0.05, 0.1) is 21.2 Å². The average Bonchev–Trinajstić information content (AvgIpc) is 2.65. The number of rotatable bonds is 4. The van der Waals surface area contributed by atoms with Gasteiger partial charge in [-0.05, 0) is 36.4 Å². The first-order valence-corrected chi connectivity index (χ1v) is 8.33. The van der Waals surface area contributed by atoms with E-state index >= 15 is 0 Å². The van der Waals surface area contributed by atoms with Crippen LogP contribution in [0.4, 0.5) is 0 Å². The van der Waals surface area contributed by atoms with E-state index in [-0.39, 0.29) is 21.9 Å². The van der Waals surface area contributed by atoms with E-state index in [0.29, 0.717) is 10.8 Å². The van der Waals surface area contributed by atoms with Crippen LogP contribution in [0.25, 0.3) is 0 Å². The highest BCUT2D eigenvalue weighted by atomic mass is 35.5. The molecule has 0 aliphatic carbocycles. The largest absolute Gasteiger partial charge is 0.423 e. The van der Waals surface area contributed by atoms with Crippen LogP contribution in [0.15, 0.2) is 72.8 Å². The Morgan fingerprint density at radius 3 is 1.73 bits per heavy atom. The summed E-state index contributed by atoms with van der Waals surface area (Å²) in [4.78, 5) is 24.9. The maximum absolute atomic E-state index is 12.5. The van der Waals surface area contributed by atoms with Gasteiger partial charge < -0.3 is 9.47 Å². The first-order chi connectivity index (χ1) is 12.5. The van der Waals surface area contributed by atoms with Crippen molar-refractivity contribution in [2.75, 3.05) is 0 Å². The van der Waals surface area contributed by atoms with Gasteiger partial charge in [0.1, 0.15) is 11.5 Å². The Hall–Kier alpha value is -2.82. The van der Waals surface area contributed by atoms with Crippen molar-refractivity contribution in [3.63, 3.8) is 0 Å². The van der Waals surface area contributed by atoms with E-state index in [0.717, 1.165) is 0 Å². The number of carbonyl (C=O) groups excluding carboxylic acids is 2. The molecule has 0 fully saturated rings. The molecule has 0 saturated heterocycles. The highest BCUT2D eigenvalue weighted by molar-refractivity contribution is 6.42. The van der Waals surface area contributed by atoms with Crippen molar-refractivity contribution in [2.45, 2.75) is 0 Å². The fraction of sp³-hybridized carbons (Fsp3) is 0. The van der Waals surface area contributed by atoms with Gasteiger partial charge in [-0.2, -0.15) is 0 Å². The Balaban J connectivity index is 1.82. The lowest BCUT2D eigenvalue weighted by atomic mass is 10.1. The minimum Gasteiger partial charge on any atom is -0.423 e. The van der Waals surface area contributed by atoms with Gasteiger partial charge in [0, 0.05) is 6.07 Å². The average molecular weight is 387 g/mol. The van der Waals surface area contributed by atoms with Crippen molar-refractivity contribution in [1.82, 2.24) is 0 Å². The molecule has 0 unspecified atom stereocenters. The first-order valence-electron chi connectivity index (χ1n) is 7.58. The van der Waals surface area contributed by atoms with E-state index in [1.165, 1.54) is 30.3 Å². The molecule has 26 heavy (non-hydrogen) atoms. The Kier molecular flexibility index (Phi) is 5.56. The van der Waals surface area contributed by atoms with E-state index < -0.39 is 11.9 Å². The predicted octanol–water partition coefficient (Wildman–Crippen LogP) is 5.43. The van der Waals surface area contributed by atoms with Crippen LogP contribution in [-0.2, 0) is 0 Å². The first kappa shape index (κ1) is 18.0. The molecule has 0 radical (unpaired) electrons. The predicted molar refractivity (Wildman–Crippen MR) is 99.3 cm³/mol. The zero-order chi connectivity index (χ0) is 18.5. The molecular formula is C20H12Cl2O4. The van der Waals surface area contributed by atoms with Crippen LogP contribution in [0.5, 0.6) is 11.5 Å². The number of hydrogen-bond acceptors (Lipinski definition) is 4. The second-order valence-corrected chi connectivity index (χ2v) is 6.03. The normalized spacial score (nSPS) is 10.2. The van der Waals surface area contributed by atoms with Crippen LogP contribution < -0.4 is 9.47 Å². The topological polar surface area (TPSA) is 52.6 Å². The molecule has 0 aliphatic heterocycles. The molecule has 3 rings (SSSR count). The van der Waals surface area contributed by atoms with Crippen LogP contribution in [0.2, 0.25) is 10.0 Å². The molecule has 0 aromatic heterocycles. The molecular weight excluding hydrogens is 375 g/mol. The molecule has 0 heterocycles. The highest BCUT2D eigenvalue weighted by Gasteiger charge is 2.20. The summed E-state index contributed by atoms with van der Waals surface area (Å²) in [7, 11) is 0. The number of carbonyl (C=O) groups is 2. The summed E-state index contributed by atoms with van der Waals surface area (Å²) in [6, 6.07) is 19.3. The molecule has 3 aromatic carbocycles. The summed E-state index contributed by atoms with van der Waals surface area (Å²) in [5.74, 6) is -0.761. The summed E-state index contributed by atoms with van der Waals surface area (Å²) >= 11 is 11.8. The molecule has 0 N–H and O–H groups in total. The summed E-state index contributed by atoms with van der Waals surface area (Å²) in [6.07, 6.45) is 0. The number of para-hydroxylation sites is 1. The molecule has 0 spiro atoms. The Morgan fingerprint density at radius 2 is 1.15 bits per heavy atom. The SMILES string of the molecule is O=C(Oc1ccccc1)c1ccccc1C(=O)Oc1ccc(Cl)c(Cl)c1. The van der Waals surface area contributed by atoms with Crippen molar-refractivity contribution in [3.8, 4) is 11.5 Å². The van der Waals surface area contributed by atoms with Gasteiger partial charge in [-0.1, -0.05) is 53.5 Å². The van der Waals surface area contributed by atoms with E-state index in [9.17, 15) is 9.59 Å². The zero-order valence-corrected chi connectivity index (χ0v) is 14.8. The number of hydrogen-bond donors (Lipinski definition) is 0. The lowest BCUT2D eigenvalue weighted by molar-refractivity contribution is 0.0692. The Morgan fingerprint density at radius 1 is 0.615 bits per heavy atom. The molecule has 4 nitrogen and oxygen atoms in total. The monoisotopic (exact) mass is 386 g/mol. The van der Waals surface area contributed by atoms with E-state index in [1.807, 2.05) is 0 Å². The van der Waals surface area contributed by atoms with Crippen molar-refractivity contribution >= 4 is 35.1 Å². The minimum absolute atomic E-state index is 0.0829. The van der Waals surface area contributed by atoms with E-state index in [1.54, 1.807) is 42.5 Å². The number of esters is 2. The minimum atomic E-state index is -0.705. The van der Waals surface area contributed by atoms with Gasteiger partial charge in [0.25, 0.3) is 0 Å². The lowest BCUT2D eigenvalue weighted by Crippen LogP contribution is -2.17. The van der Waals surface area contributed by atoms with Crippen LogP contribution in [0, 0.1) is 0 Å². The van der Waals surface area contributed by atoms with E-state index in [4.69, 9.17) is 32.7 Å². The quantitative estimate of drug-likeness (QED) is 0.442. The number of ether oxygens (including phenoxy) is 2. The molecule has 3 aromatic rings. The van der Waals surface area contributed by atoms with Gasteiger partial charge in [0.2, 0.25) is 0 Å². The second-order valence-electron chi connectivity index (χ2n) is 5.21. The summed E-state index contributed by atoms with van der Waals surface area (Å²) < 4.78 is 10.6. The van der Waals surface area contributed by atoms with Crippen LogP contribution in [0.1, 0.15) is 20.7 Å².